The molecule has 0 aliphatic rings. The van der Waals surface area contributed by atoms with Crippen molar-refractivity contribution in [3.63, 3.8) is 0 Å². The summed E-state index contributed by atoms with van der Waals surface area (Å²) in [7, 11) is 0. The molecule has 1 rings (SSSR count). The molecule has 386 valence electrons. The lowest BCUT2D eigenvalue weighted by molar-refractivity contribution is -0.142. The van der Waals surface area contributed by atoms with Crippen LogP contribution in [0.25, 0.3) is 0 Å². The average Bonchev–Trinajstić information content (AvgIpc) is 3.27. The third-order valence-corrected chi connectivity index (χ3v) is 10.7. The van der Waals surface area contributed by atoms with Crippen molar-refractivity contribution in [2.24, 2.45) is 5.73 Å². The Kier molecular flexibility index (Phi) is 26.6. The van der Waals surface area contributed by atoms with Crippen LogP contribution in [0.4, 0.5) is 0 Å². The van der Waals surface area contributed by atoms with Crippen LogP contribution >= 0.6 is 24.4 Å². The number of nitrogens with two attached hydrogens (primary N) is 1. The summed E-state index contributed by atoms with van der Waals surface area (Å²) in [6.45, 7) is 2.25. The Morgan fingerprint density at radius 3 is 1.54 bits per heavy atom. The molecule has 29 heteroatoms. The quantitative estimate of drug-likeness (QED) is 0.0308. The molecule has 0 saturated heterocycles. The normalized spacial score (nSPS) is 15.8. The lowest BCUT2D eigenvalue weighted by atomic mass is 10.0. The number of carbonyl (C=O) groups excluding carboxylic acids is 8. The minimum absolute atomic E-state index is 0.0553. The molecular weight excluding hydrogens is 959 g/mol. The molecule has 11 atom stereocenters. The van der Waals surface area contributed by atoms with Crippen LogP contribution in [-0.4, -0.2) is 192 Å². The molecule has 69 heavy (non-hydrogen) atoms. The van der Waals surface area contributed by atoms with E-state index < -0.39 is 151 Å². The van der Waals surface area contributed by atoms with Crippen molar-refractivity contribution in [2.45, 2.75) is 120 Å². The molecule has 27 nitrogen and oxygen atoms in total. The van der Waals surface area contributed by atoms with E-state index in [0.29, 0.717) is 11.3 Å². The van der Waals surface area contributed by atoms with Crippen LogP contribution in [0.2, 0.25) is 0 Å². The molecule has 0 radical (unpaired) electrons. The van der Waals surface area contributed by atoms with E-state index in [4.69, 9.17) is 10.8 Å². The second-order valence-corrected chi connectivity index (χ2v) is 16.9. The number of phenols is 1. The number of aliphatic hydroxyl groups excluding tert-OH is 3. The van der Waals surface area contributed by atoms with E-state index >= 15 is 0 Å². The zero-order valence-electron chi connectivity index (χ0n) is 37.9. The molecule has 17 N–H and O–H groups in total. The highest BCUT2D eigenvalue weighted by molar-refractivity contribution is 7.98. The Balaban J connectivity index is 3.23. The first-order valence-electron chi connectivity index (χ1n) is 21.0. The molecule has 8 amide bonds. The number of carbonyl (C=O) groups is 11. The number of rotatable bonds is 31. The van der Waals surface area contributed by atoms with E-state index in [9.17, 15) is 83.4 Å². The van der Waals surface area contributed by atoms with Crippen molar-refractivity contribution in [2.75, 3.05) is 24.3 Å². The van der Waals surface area contributed by atoms with Crippen LogP contribution in [0.15, 0.2) is 24.3 Å². The van der Waals surface area contributed by atoms with Gasteiger partial charge in [-0.25, -0.2) is 4.79 Å². The van der Waals surface area contributed by atoms with Crippen molar-refractivity contribution in [1.29, 1.82) is 0 Å². The molecule has 0 aromatic heterocycles. The number of amides is 8. The molecule has 0 spiro atoms. The first-order chi connectivity index (χ1) is 32.2. The SMILES string of the molecule is CSCC[C@H](NC(=O)[C@H](CS)NC(=O)[C@@H](NC(=O)[C@H](Cc1ccc(O)cc1)NC(=O)[C@@H](NC(=O)CNC(=O)[C@@H](NC(=O)[C@H](CC(=O)O)NC(=O)[C@@H](N)CCC(=O)O)[C@@H](C)O)[C@@H](C)O)[C@@H](C)O)C(=O)O. The lowest BCUT2D eigenvalue weighted by Gasteiger charge is -2.28. The number of aliphatic hydroxyl groups is 3. The largest absolute Gasteiger partial charge is 0.508 e. The van der Waals surface area contributed by atoms with Gasteiger partial charge in [0.2, 0.25) is 47.3 Å². The highest BCUT2D eigenvalue weighted by atomic mass is 32.2. The summed E-state index contributed by atoms with van der Waals surface area (Å²) >= 11 is 5.40. The summed E-state index contributed by atoms with van der Waals surface area (Å²) < 4.78 is 0. The highest BCUT2D eigenvalue weighted by Crippen LogP contribution is 2.13. The van der Waals surface area contributed by atoms with Crippen molar-refractivity contribution in [3.8, 4) is 5.75 Å². The van der Waals surface area contributed by atoms with Gasteiger partial charge >= 0.3 is 17.9 Å². The molecule has 0 bridgehead atoms. The van der Waals surface area contributed by atoms with E-state index in [1.807, 2.05) is 10.6 Å². The summed E-state index contributed by atoms with van der Waals surface area (Å²) in [5, 5.41) is 86.4. The lowest BCUT2D eigenvalue weighted by Crippen LogP contribution is -2.62. The minimum Gasteiger partial charge on any atom is -0.508 e. The zero-order chi connectivity index (χ0) is 52.7. The fourth-order valence-electron chi connectivity index (χ4n) is 5.86. The predicted octanol–water partition coefficient (Wildman–Crippen LogP) is -5.98. The summed E-state index contributed by atoms with van der Waals surface area (Å²) in [4.78, 5) is 140. The maximum absolute atomic E-state index is 13.8. The Labute approximate surface area is 404 Å². The standard InChI is InChI=1S/C40H61N9O18S2/c1-17(50)30(48-35(61)25(14-29(57)58)44-33(59)22(41)9-10-28(55)56)37(63)42-15-27(54)47-31(18(2)51)38(64)45-24(13-20-5-7-21(53)8-6-20)34(60)49-32(19(3)52)39(65)46-26(16-68)36(62)43-23(40(66)67)11-12-69-4/h5-8,17-19,22-26,30-32,50-53,68H,9-16,41H2,1-4H3,(H,42,63)(H,43,62)(H,44,59)(H,45,64)(H,46,65)(H,47,54)(H,48,61)(H,49,60)(H,55,56)(H,57,58)(H,66,67)/t17-,18-,19-,22+,23+,24+,25+,26+,30+,31+,32+/m1/s1. The molecule has 0 unspecified atom stereocenters. The zero-order valence-corrected chi connectivity index (χ0v) is 39.6. The van der Waals surface area contributed by atoms with Gasteiger partial charge in [-0.1, -0.05) is 12.1 Å². The number of benzene rings is 1. The summed E-state index contributed by atoms with van der Waals surface area (Å²) in [5.74, 6) is -13.5. The molecule has 0 fully saturated rings. The molecule has 1 aromatic rings. The third-order valence-electron chi connectivity index (χ3n) is 9.70. The molecule has 0 heterocycles. The summed E-state index contributed by atoms with van der Waals surface area (Å²) in [6.07, 6.45) is -5.58. The van der Waals surface area contributed by atoms with Gasteiger partial charge in [0.1, 0.15) is 48.0 Å². The Bertz CT molecular complexity index is 1980. The Hall–Kier alpha value is -6.27. The summed E-state index contributed by atoms with van der Waals surface area (Å²) in [6, 6.07) is -8.04. The van der Waals surface area contributed by atoms with Crippen molar-refractivity contribution in [3.05, 3.63) is 29.8 Å². The van der Waals surface area contributed by atoms with Crippen LogP contribution in [0, 0.1) is 0 Å². The number of thiol groups is 1. The van der Waals surface area contributed by atoms with Crippen molar-refractivity contribution >= 4 is 89.6 Å². The van der Waals surface area contributed by atoms with E-state index in [1.165, 1.54) is 36.0 Å². The second kappa shape index (κ2) is 30.3. The van der Waals surface area contributed by atoms with Crippen LogP contribution in [0.3, 0.4) is 0 Å². The van der Waals surface area contributed by atoms with E-state index in [0.717, 1.165) is 20.8 Å². The fourth-order valence-corrected chi connectivity index (χ4v) is 6.59. The van der Waals surface area contributed by atoms with Gasteiger partial charge in [-0.15, -0.1) is 0 Å². The van der Waals surface area contributed by atoms with Gasteiger partial charge in [-0.05, 0) is 63.3 Å². The predicted molar refractivity (Wildman–Crippen MR) is 245 cm³/mol. The minimum atomic E-state index is -1.89. The number of aromatic hydroxyl groups is 1. The van der Waals surface area contributed by atoms with Crippen LogP contribution < -0.4 is 48.3 Å². The number of phenolic OH excluding ortho intramolecular Hbond substituents is 1. The first kappa shape index (κ1) is 60.7. The number of thioether (sulfide) groups is 1. The smallest absolute Gasteiger partial charge is 0.326 e. The highest BCUT2D eigenvalue weighted by Gasteiger charge is 2.36. The van der Waals surface area contributed by atoms with Gasteiger partial charge in [0.25, 0.3) is 0 Å². The first-order valence-corrected chi connectivity index (χ1v) is 23.0. The van der Waals surface area contributed by atoms with Gasteiger partial charge < -0.3 is 84.0 Å². The molecule has 0 aliphatic heterocycles. The van der Waals surface area contributed by atoms with E-state index in [1.54, 1.807) is 6.26 Å². The molecular formula is C40H61N9O18S2. The number of aliphatic carboxylic acids is 3. The van der Waals surface area contributed by atoms with Gasteiger partial charge in [-0.2, -0.15) is 24.4 Å². The summed E-state index contributed by atoms with van der Waals surface area (Å²) in [5.41, 5.74) is 5.96. The Morgan fingerprint density at radius 1 is 0.594 bits per heavy atom. The van der Waals surface area contributed by atoms with Crippen LogP contribution in [0.1, 0.15) is 52.0 Å². The second-order valence-electron chi connectivity index (χ2n) is 15.5. The molecule has 0 saturated carbocycles. The number of carboxylic acids is 3. The van der Waals surface area contributed by atoms with E-state index in [-0.39, 0.29) is 30.8 Å². The maximum Gasteiger partial charge on any atom is 0.326 e. The van der Waals surface area contributed by atoms with Crippen molar-refractivity contribution in [1.82, 2.24) is 42.5 Å². The van der Waals surface area contributed by atoms with Crippen LogP contribution in [-0.2, 0) is 59.2 Å². The fraction of sp³-hybridized carbons (Fsp3) is 0.575. The Morgan fingerprint density at radius 2 is 1.06 bits per heavy atom. The third kappa shape index (κ3) is 22.1. The molecule has 0 aliphatic carbocycles. The molecule has 1 aromatic carbocycles. The number of hydrogen-bond donors (Lipinski definition) is 17. The van der Waals surface area contributed by atoms with Crippen LogP contribution in [0.5, 0.6) is 5.75 Å². The number of nitrogens with one attached hydrogen (secondary N) is 8. The van der Waals surface area contributed by atoms with Gasteiger partial charge in [0, 0.05) is 18.6 Å². The average molecular weight is 1020 g/mol. The number of carboxylic acid groups (broad SMARTS) is 3. The van der Waals surface area contributed by atoms with Gasteiger partial charge in [-0.3, -0.25) is 47.9 Å². The maximum atomic E-state index is 13.8. The van der Waals surface area contributed by atoms with Gasteiger partial charge in [0.05, 0.1) is 37.3 Å². The van der Waals surface area contributed by atoms with Crippen molar-refractivity contribution < 1.29 is 88.5 Å². The number of hydrogen-bond acceptors (Lipinski definition) is 18. The van der Waals surface area contributed by atoms with E-state index in [2.05, 4.69) is 44.5 Å². The van der Waals surface area contributed by atoms with Gasteiger partial charge in [0.15, 0.2) is 0 Å². The topological polar surface area (TPSA) is 452 Å². The monoisotopic (exact) mass is 1020 g/mol.